The van der Waals surface area contributed by atoms with Crippen molar-refractivity contribution in [3.63, 3.8) is 0 Å². The number of thiophene rings is 3. The molecule has 0 amide bonds. The molecule has 3 rings (SSSR count). The van der Waals surface area contributed by atoms with E-state index >= 15 is 0 Å². The molecular formula is C48H82S3Sn. The average Bonchev–Trinajstić information content (AvgIpc) is 3.94. The first kappa shape index (κ1) is 46.3. The van der Waals surface area contributed by atoms with Gasteiger partial charge in [-0.2, -0.15) is 0 Å². The monoisotopic (exact) mass is 874 g/mol. The van der Waals surface area contributed by atoms with Gasteiger partial charge in [-0.15, -0.1) is 0 Å². The van der Waals surface area contributed by atoms with E-state index in [1.54, 1.807) is 43.3 Å². The van der Waals surface area contributed by atoms with Gasteiger partial charge in [0.25, 0.3) is 0 Å². The molecule has 0 aliphatic rings. The molecule has 0 unspecified atom stereocenters. The fourth-order valence-corrected chi connectivity index (χ4v) is 30.8. The maximum atomic E-state index is 2.80. The third-order valence-electron chi connectivity index (χ3n) is 11.6. The van der Waals surface area contributed by atoms with Crippen LogP contribution in [0.4, 0.5) is 0 Å². The first-order chi connectivity index (χ1) is 25.6. The molecule has 0 spiro atoms. The van der Waals surface area contributed by atoms with Gasteiger partial charge in [-0.25, -0.2) is 0 Å². The van der Waals surface area contributed by atoms with Crippen LogP contribution in [0.3, 0.4) is 0 Å². The molecule has 296 valence electrons. The quantitative estimate of drug-likeness (QED) is 0.0414. The third kappa shape index (κ3) is 17.4. The van der Waals surface area contributed by atoms with Crippen LogP contribution in [0.2, 0.25) is 13.3 Å². The van der Waals surface area contributed by atoms with Crippen molar-refractivity contribution in [1.29, 1.82) is 0 Å². The Balaban J connectivity index is 1.72. The molecule has 0 radical (unpaired) electrons. The van der Waals surface area contributed by atoms with E-state index in [1.807, 2.05) is 2.89 Å². The summed E-state index contributed by atoms with van der Waals surface area (Å²) >= 11 is 3.99. The second-order valence-electron chi connectivity index (χ2n) is 16.3. The van der Waals surface area contributed by atoms with Gasteiger partial charge in [-0.3, -0.25) is 0 Å². The van der Waals surface area contributed by atoms with Gasteiger partial charge in [-0.1, -0.05) is 78.1 Å². The molecule has 3 aromatic heterocycles. The molecule has 0 atom stereocenters. The standard InChI is InChI=1S/C36H55S3.3C4H9.Sn/c1-3-5-7-9-11-13-15-17-19-21-23-31-25-27-34(38-31)33-29-30-37-36(33)35-28-26-32(39-35)24-22-20-18-16-14-12-10-8-6-4-2;3*1-3-4-2;/h25-29H,3-24H2,1-2H3;3*1,3-4H2,2H3;. The summed E-state index contributed by atoms with van der Waals surface area (Å²) in [5, 5.41) is 0. The van der Waals surface area contributed by atoms with E-state index in [4.69, 9.17) is 0 Å². The Labute approximate surface area is 340 Å². The van der Waals surface area contributed by atoms with Crippen molar-refractivity contribution in [2.75, 3.05) is 0 Å². The van der Waals surface area contributed by atoms with E-state index < -0.39 is 18.4 Å². The van der Waals surface area contributed by atoms with Gasteiger partial charge in [-0.05, 0) is 0 Å². The summed E-state index contributed by atoms with van der Waals surface area (Å²) in [6, 6.07) is 12.8. The van der Waals surface area contributed by atoms with Crippen LogP contribution in [-0.2, 0) is 12.8 Å². The number of hydrogen-bond donors (Lipinski definition) is 0. The fourth-order valence-electron chi connectivity index (χ4n) is 8.17. The van der Waals surface area contributed by atoms with E-state index in [2.05, 4.69) is 99.0 Å². The SMILES string of the molecule is CCCCCCCCCCCCc1ccc(-c2c[c]([Sn]([CH2]CCC)([CH2]CCC)[CH2]CCC)sc2-c2ccc(CCCCCCCCCCCC)s2)s1. The van der Waals surface area contributed by atoms with Crippen molar-refractivity contribution >= 4 is 55.3 Å². The molecule has 0 aliphatic carbocycles. The van der Waals surface area contributed by atoms with E-state index in [9.17, 15) is 0 Å². The third-order valence-corrected chi connectivity index (χ3v) is 33.5. The Morgan fingerprint density at radius 3 is 1.17 bits per heavy atom. The summed E-state index contributed by atoms with van der Waals surface area (Å²) in [5.74, 6) is 0. The second-order valence-corrected chi connectivity index (χ2v) is 33.9. The molecule has 52 heavy (non-hydrogen) atoms. The van der Waals surface area contributed by atoms with Gasteiger partial charge in [0.05, 0.1) is 0 Å². The van der Waals surface area contributed by atoms with E-state index in [1.165, 1.54) is 180 Å². The summed E-state index contributed by atoms with van der Waals surface area (Å²) in [4.78, 5) is 7.94. The summed E-state index contributed by atoms with van der Waals surface area (Å²) in [7, 11) is 0. The van der Waals surface area contributed by atoms with Crippen molar-refractivity contribution in [2.24, 2.45) is 0 Å². The summed E-state index contributed by atoms with van der Waals surface area (Å²) in [5.41, 5.74) is 1.59. The van der Waals surface area contributed by atoms with Crippen LogP contribution < -0.4 is 2.89 Å². The summed E-state index contributed by atoms with van der Waals surface area (Å²) < 4.78 is 6.60. The Hall–Kier alpha value is -0.101. The molecule has 0 saturated heterocycles. The van der Waals surface area contributed by atoms with Gasteiger partial charge in [0.15, 0.2) is 0 Å². The zero-order valence-electron chi connectivity index (χ0n) is 35.0. The molecule has 0 N–H and O–H groups in total. The zero-order chi connectivity index (χ0) is 37.1. The number of unbranched alkanes of at least 4 members (excludes halogenated alkanes) is 21. The number of rotatable bonds is 34. The van der Waals surface area contributed by atoms with Crippen molar-refractivity contribution in [3.8, 4) is 20.2 Å². The average molecular weight is 874 g/mol. The summed E-state index contributed by atoms with van der Waals surface area (Å²) in [6.07, 6.45) is 39.3. The van der Waals surface area contributed by atoms with Gasteiger partial charge in [0, 0.05) is 0 Å². The van der Waals surface area contributed by atoms with Crippen LogP contribution in [-0.4, -0.2) is 18.4 Å². The minimum atomic E-state index is -2.54. The molecule has 0 aliphatic heterocycles. The topological polar surface area (TPSA) is 0 Å². The Bertz CT molecular complexity index is 1160. The molecule has 0 nitrogen and oxygen atoms in total. The van der Waals surface area contributed by atoms with E-state index in [0.29, 0.717) is 0 Å². The number of aryl methyl sites for hydroxylation is 2. The molecule has 3 heterocycles. The maximum absolute atomic E-state index is 2.80. The van der Waals surface area contributed by atoms with Gasteiger partial charge >= 0.3 is 265 Å². The van der Waals surface area contributed by atoms with Crippen LogP contribution >= 0.6 is 34.0 Å². The van der Waals surface area contributed by atoms with Crippen molar-refractivity contribution < 1.29 is 0 Å². The molecule has 0 aromatic carbocycles. The van der Waals surface area contributed by atoms with Crippen molar-refractivity contribution in [1.82, 2.24) is 0 Å². The van der Waals surface area contributed by atoms with Crippen LogP contribution in [0.5, 0.6) is 0 Å². The second kappa shape index (κ2) is 29.2. The fraction of sp³-hybridized carbons (Fsp3) is 0.750. The first-order valence-electron chi connectivity index (χ1n) is 22.9. The van der Waals surface area contributed by atoms with Crippen LogP contribution in [0.15, 0.2) is 30.3 Å². The zero-order valence-corrected chi connectivity index (χ0v) is 40.3. The van der Waals surface area contributed by atoms with Crippen LogP contribution in [0.25, 0.3) is 20.2 Å². The van der Waals surface area contributed by atoms with Gasteiger partial charge < -0.3 is 0 Å². The van der Waals surface area contributed by atoms with Gasteiger partial charge in [0.1, 0.15) is 0 Å². The van der Waals surface area contributed by atoms with Crippen molar-refractivity contribution in [3.05, 3.63) is 40.1 Å². The summed E-state index contributed by atoms with van der Waals surface area (Å²) in [6.45, 7) is 11.9. The normalized spacial score (nSPS) is 12.0. The number of hydrogen-bond acceptors (Lipinski definition) is 3. The molecule has 0 fully saturated rings. The predicted molar refractivity (Wildman–Crippen MR) is 247 cm³/mol. The molecular weight excluding hydrogens is 791 g/mol. The Morgan fingerprint density at radius 2 is 0.750 bits per heavy atom. The first-order valence-corrected chi connectivity index (χ1v) is 32.9. The van der Waals surface area contributed by atoms with Crippen molar-refractivity contribution in [2.45, 2.75) is 228 Å². The van der Waals surface area contributed by atoms with Gasteiger partial charge in [0.2, 0.25) is 0 Å². The molecule has 0 saturated carbocycles. The Kier molecular flexibility index (Phi) is 26.0. The predicted octanol–water partition coefficient (Wildman–Crippen LogP) is 18.2. The van der Waals surface area contributed by atoms with E-state index in [-0.39, 0.29) is 0 Å². The van der Waals surface area contributed by atoms with Crippen LogP contribution in [0, 0.1) is 0 Å². The molecule has 4 heteroatoms. The van der Waals surface area contributed by atoms with Crippen LogP contribution in [0.1, 0.15) is 211 Å². The molecule has 3 aromatic rings. The van der Waals surface area contributed by atoms with E-state index in [0.717, 1.165) is 0 Å². The Morgan fingerprint density at radius 1 is 0.385 bits per heavy atom. The molecule has 0 bridgehead atoms. The minimum absolute atomic E-state index is 1.27.